The number of benzene rings is 1. The van der Waals surface area contributed by atoms with Crippen molar-refractivity contribution in [3.63, 3.8) is 0 Å². The Morgan fingerprint density at radius 3 is 2.89 bits per heavy atom. The van der Waals surface area contributed by atoms with Crippen LogP contribution in [-0.2, 0) is 20.0 Å². The number of hydrogen-bond acceptors (Lipinski definition) is 5. The molecular formula is C13H17BO5. The van der Waals surface area contributed by atoms with Gasteiger partial charge in [-0.25, -0.2) is 0 Å². The summed E-state index contributed by atoms with van der Waals surface area (Å²) in [6.07, 6.45) is -0.207. The Kier molecular flexibility index (Phi) is 3.82. The molecule has 0 saturated carbocycles. The van der Waals surface area contributed by atoms with Gasteiger partial charge < -0.3 is 19.2 Å². The molecule has 2 rings (SSSR count). The second kappa shape index (κ2) is 5.23. The molecule has 1 aliphatic heterocycles. The highest BCUT2D eigenvalue weighted by atomic mass is 16.6. The largest absolute Gasteiger partial charge is 0.497 e. The van der Waals surface area contributed by atoms with Crippen LogP contribution in [-0.4, -0.2) is 32.3 Å². The summed E-state index contributed by atoms with van der Waals surface area (Å²) in [4.78, 5) is 11.6. The topological polar surface area (TPSA) is 65.0 Å². The first-order valence-electron chi connectivity index (χ1n) is 6.20. The fourth-order valence-corrected chi connectivity index (χ4v) is 2.43. The highest BCUT2D eigenvalue weighted by Crippen LogP contribution is 2.33. The van der Waals surface area contributed by atoms with E-state index >= 15 is 0 Å². The molecule has 0 fully saturated rings. The molecular weight excluding hydrogens is 247 g/mol. The average molecular weight is 264 g/mol. The Morgan fingerprint density at radius 1 is 1.53 bits per heavy atom. The van der Waals surface area contributed by atoms with Gasteiger partial charge in [-0.1, -0.05) is 0 Å². The summed E-state index contributed by atoms with van der Waals surface area (Å²) in [5.41, 5.74) is 2.31. The fraction of sp³-hybridized carbons (Fsp3) is 0.462. The molecule has 1 aliphatic rings. The number of methoxy groups -OCH3 is 1. The molecule has 1 heterocycles. The first kappa shape index (κ1) is 13.9. The van der Waals surface area contributed by atoms with Gasteiger partial charge in [0.2, 0.25) is 0 Å². The van der Waals surface area contributed by atoms with Gasteiger partial charge >= 0.3 is 13.5 Å². The Balaban J connectivity index is 2.32. The lowest BCUT2D eigenvalue weighted by atomic mass is 9.83. The second-order valence-electron chi connectivity index (χ2n) is 4.53. The van der Waals surface area contributed by atoms with Crippen molar-refractivity contribution in [2.75, 3.05) is 13.7 Å². The van der Waals surface area contributed by atoms with Gasteiger partial charge in [0.1, 0.15) is 12.2 Å². The van der Waals surface area contributed by atoms with Gasteiger partial charge in [0.25, 0.3) is 0 Å². The highest BCUT2D eigenvalue weighted by Gasteiger charge is 2.42. The van der Waals surface area contributed by atoms with Crippen LogP contribution in [0.25, 0.3) is 0 Å². The number of carbonyl (C=O) groups excluding carboxylic acids is 1. The fourth-order valence-electron chi connectivity index (χ4n) is 2.43. The first-order chi connectivity index (χ1) is 9.00. The monoisotopic (exact) mass is 264 g/mol. The summed E-state index contributed by atoms with van der Waals surface area (Å²) in [7, 11) is 1.84. The molecule has 1 N–H and O–H groups in total. The van der Waals surface area contributed by atoms with Crippen LogP contribution in [0.3, 0.4) is 0 Å². The Hall–Kier alpha value is -1.53. The van der Waals surface area contributed by atoms with Crippen molar-refractivity contribution in [1.29, 1.82) is 0 Å². The molecule has 0 unspecified atom stereocenters. The molecule has 1 aromatic carbocycles. The van der Waals surface area contributed by atoms with E-state index in [1.807, 2.05) is 19.1 Å². The summed E-state index contributed by atoms with van der Waals surface area (Å²) >= 11 is 0. The zero-order valence-corrected chi connectivity index (χ0v) is 11.4. The molecule has 0 saturated heterocycles. The Morgan fingerprint density at radius 2 is 2.26 bits per heavy atom. The minimum atomic E-state index is -1.60. The SMILES string of the molecule is CCOC(=O)C[C@@]1(O)OBc2cc(OC)cc(C)c21. The van der Waals surface area contributed by atoms with E-state index in [0.29, 0.717) is 11.3 Å². The summed E-state index contributed by atoms with van der Waals surface area (Å²) in [5, 5.41) is 10.5. The molecule has 1 aromatic rings. The highest BCUT2D eigenvalue weighted by molar-refractivity contribution is 6.49. The van der Waals surface area contributed by atoms with Crippen molar-refractivity contribution in [2.45, 2.75) is 26.1 Å². The molecule has 6 heteroatoms. The number of carbonyl (C=O) groups is 1. The lowest BCUT2D eigenvalue weighted by Crippen LogP contribution is -2.31. The van der Waals surface area contributed by atoms with Gasteiger partial charge in [-0.3, -0.25) is 4.79 Å². The number of fused-ring (bicyclic) bond motifs is 1. The molecule has 5 nitrogen and oxygen atoms in total. The van der Waals surface area contributed by atoms with Crippen LogP contribution in [0.15, 0.2) is 12.1 Å². The molecule has 0 radical (unpaired) electrons. The minimum absolute atomic E-state index is 0.207. The maximum atomic E-state index is 11.6. The van der Waals surface area contributed by atoms with E-state index in [1.54, 1.807) is 14.0 Å². The second-order valence-corrected chi connectivity index (χ2v) is 4.53. The zero-order chi connectivity index (χ0) is 14.0. The average Bonchev–Trinajstić information content (AvgIpc) is 2.67. The third-order valence-electron chi connectivity index (χ3n) is 3.17. The minimum Gasteiger partial charge on any atom is -0.497 e. The molecule has 19 heavy (non-hydrogen) atoms. The number of aliphatic hydroxyl groups is 1. The summed E-state index contributed by atoms with van der Waals surface area (Å²) in [6, 6.07) is 3.62. The first-order valence-corrected chi connectivity index (χ1v) is 6.20. The van der Waals surface area contributed by atoms with Crippen molar-refractivity contribution in [1.82, 2.24) is 0 Å². The van der Waals surface area contributed by atoms with E-state index in [9.17, 15) is 9.90 Å². The third kappa shape index (κ3) is 2.59. The van der Waals surface area contributed by atoms with Gasteiger partial charge in [0, 0.05) is 5.56 Å². The predicted octanol–water partition coefficient (Wildman–Crippen LogP) is 0.109. The van der Waals surface area contributed by atoms with Crippen molar-refractivity contribution < 1.29 is 24.0 Å². The summed E-state index contributed by atoms with van der Waals surface area (Å²) in [5.74, 6) is -1.37. The number of aryl methyl sites for hydroxylation is 1. The predicted molar refractivity (Wildman–Crippen MR) is 70.7 cm³/mol. The van der Waals surface area contributed by atoms with Gasteiger partial charge in [-0.2, -0.15) is 0 Å². The van der Waals surface area contributed by atoms with Crippen molar-refractivity contribution >= 4 is 18.9 Å². The van der Waals surface area contributed by atoms with Gasteiger partial charge in [-0.05, 0) is 37.0 Å². The van der Waals surface area contributed by atoms with Crippen molar-refractivity contribution in [3.8, 4) is 5.75 Å². The maximum absolute atomic E-state index is 11.6. The molecule has 1 atom stereocenters. The van der Waals surface area contributed by atoms with E-state index in [-0.39, 0.29) is 20.5 Å². The smallest absolute Gasteiger partial charge is 0.313 e. The molecule has 0 aliphatic carbocycles. The normalized spacial score (nSPS) is 20.6. The van der Waals surface area contributed by atoms with E-state index < -0.39 is 11.8 Å². The van der Waals surface area contributed by atoms with Crippen LogP contribution in [0.4, 0.5) is 0 Å². The standard InChI is InChI=1S/C13H17BO5/c1-4-18-11(15)7-13(16)12-8(2)5-9(17-3)6-10(12)14-19-13/h5-6,14,16H,4,7H2,1-3H3/t13-/m1/s1. The lowest BCUT2D eigenvalue weighted by molar-refractivity contribution is -0.174. The van der Waals surface area contributed by atoms with Crippen LogP contribution in [0.2, 0.25) is 0 Å². The van der Waals surface area contributed by atoms with Crippen molar-refractivity contribution in [3.05, 3.63) is 23.3 Å². The molecule has 0 amide bonds. The van der Waals surface area contributed by atoms with Crippen LogP contribution >= 0.6 is 0 Å². The summed E-state index contributed by atoms with van der Waals surface area (Å²) in [6.45, 7) is 3.86. The summed E-state index contributed by atoms with van der Waals surface area (Å²) < 4.78 is 15.5. The molecule has 102 valence electrons. The number of rotatable bonds is 4. The van der Waals surface area contributed by atoms with E-state index in [0.717, 1.165) is 11.0 Å². The van der Waals surface area contributed by atoms with Gasteiger partial charge in [-0.15, -0.1) is 0 Å². The molecule has 0 bridgehead atoms. The van der Waals surface area contributed by atoms with Crippen LogP contribution in [0, 0.1) is 6.92 Å². The van der Waals surface area contributed by atoms with Crippen LogP contribution < -0.4 is 10.2 Å². The van der Waals surface area contributed by atoms with Gasteiger partial charge in [0.15, 0.2) is 5.79 Å². The zero-order valence-electron chi connectivity index (χ0n) is 11.4. The van der Waals surface area contributed by atoms with E-state index in [1.165, 1.54) is 0 Å². The Labute approximate surface area is 112 Å². The number of esters is 1. The Bertz CT molecular complexity index is 502. The number of ether oxygens (including phenoxy) is 2. The maximum Gasteiger partial charge on any atom is 0.313 e. The third-order valence-corrected chi connectivity index (χ3v) is 3.17. The lowest BCUT2D eigenvalue weighted by Gasteiger charge is -2.24. The van der Waals surface area contributed by atoms with Gasteiger partial charge in [0.05, 0.1) is 13.7 Å². The van der Waals surface area contributed by atoms with Crippen LogP contribution in [0.5, 0.6) is 5.75 Å². The molecule has 0 aromatic heterocycles. The quantitative estimate of drug-likeness (QED) is 0.617. The number of hydrogen-bond donors (Lipinski definition) is 1. The van der Waals surface area contributed by atoms with E-state index in [2.05, 4.69) is 0 Å². The molecule has 0 spiro atoms. The van der Waals surface area contributed by atoms with Crippen LogP contribution in [0.1, 0.15) is 24.5 Å². The van der Waals surface area contributed by atoms with Crippen molar-refractivity contribution in [2.24, 2.45) is 0 Å². The van der Waals surface area contributed by atoms with E-state index in [4.69, 9.17) is 14.1 Å².